The molecule has 1 atom stereocenters. The lowest BCUT2D eigenvalue weighted by Gasteiger charge is -2.29. The van der Waals surface area contributed by atoms with Crippen molar-refractivity contribution in [1.82, 2.24) is 9.97 Å². The maximum Gasteiger partial charge on any atom is 0.147 e. The highest BCUT2D eigenvalue weighted by Gasteiger charge is 2.26. The molecule has 2 rings (SSSR count). The number of nitrogens with zero attached hydrogens (tertiary/aromatic N) is 2. The molecule has 0 saturated carbocycles. The topological polar surface area (TPSA) is 70.1 Å². The van der Waals surface area contributed by atoms with Gasteiger partial charge in [-0.05, 0) is 18.9 Å². The Bertz CT molecular complexity index is 561. The molecule has 21 heavy (non-hydrogen) atoms. The fourth-order valence-corrected chi connectivity index (χ4v) is 2.06. The highest BCUT2D eigenvalue weighted by molar-refractivity contribution is 5.45. The molecule has 5 nitrogen and oxygen atoms in total. The van der Waals surface area contributed by atoms with Gasteiger partial charge in [0.1, 0.15) is 11.6 Å². The van der Waals surface area contributed by atoms with Crippen LogP contribution < -0.4 is 10.6 Å². The Balaban J connectivity index is 2.18. The zero-order chi connectivity index (χ0) is 15.1. The van der Waals surface area contributed by atoms with E-state index in [1.54, 1.807) is 12.4 Å². The van der Waals surface area contributed by atoms with Crippen molar-refractivity contribution < 1.29 is 5.11 Å². The first-order valence-corrected chi connectivity index (χ1v) is 7.18. The molecule has 1 heterocycles. The number of rotatable bonds is 7. The van der Waals surface area contributed by atoms with Crippen LogP contribution in [0.5, 0.6) is 0 Å². The Morgan fingerprint density at radius 3 is 2.52 bits per heavy atom. The SMILES string of the molecule is CCCNc1cncc(NC(C)(CO)c2ccccc2)n1. The summed E-state index contributed by atoms with van der Waals surface area (Å²) in [5.41, 5.74) is 0.403. The molecule has 1 unspecified atom stereocenters. The molecule has 1 aromatic carbocycles. The number of benzene rings is 1. The van der Waals surface area contributed by atoms with Crippen LogP contribution in [0.4, 0.5) is 11.6 Å². The standard InChI is InChI=1S/C16H22N4O/c1-3-9-18-14-10-17-11-15(19-14)20-16(2,12-21)13-7-5-4-6-8-13/h4-8,10-11,21H,3,9,12H2,1-2H3,(H2,18,19,20). The van der Waals surface area contributed by atoms with Crippen molar-refractivity contribution in [3.05, 3.63) is 48.3 Å². The Hall–Kier alpha value is -2.14. The second-order valence-corrected chi connectivity index (χ2v) is 5.20. The van der Waals surface area contributed by atoms with Gasteiger partial charge in [0.05, 0.1) is 24.5 Å². The first-order chi connectivity index (χ1) is 10.2. The van der Waals surface area contributed by atoms with Gasteiger partial charge in [0.15, 0.2) is 0 Å². The van der Waals surface area contributed by atoms with E-state index in [1.807, 2.05) is 37.3 Å². The molecule has 0 bridgehead atoms. The number of aliphatic hydroxyl groups is 1. The van der Waals surface area contributed by atoms with Gasteiger partial charge in [-0.15, -0.1) is 0 Å². The summed E-state index contributed by atoms with van der Waals surface area (Å²) in [6.45, 7) is 4.86. The van der Waals surface area contributed by atoms with E-state index in [-0.39, 0.29) is 6.61 Å². The molecule has 5 heteroatoms. The van der Waals surface area contributed by atoms with Crippen LogP contribution in [0.3, 0.4) is 0 Å². The number of hydrogen-bond donors (Lipinski definition) is 3. The van der Waals surface area contributed by atoms with Crippen molar-refractivity contribution in [2.75, 3.05) is 23.8 Å². The van der Waals surface area contributed by atoms with Crippen LogP contribution >= 0.6 is 0 Å². The Morgan fingerprint density at radius 1 is 1.14 bits per heavy atom. The number of aromatic nitrogens is 2. The Morgan fingerprint density at radius 2 is 1.86 bits per heavy atom. The average Bonchev–Trinajstić information content (AvgIpc) is 2.54. The van der Waals surface area contributed by atoms with Crippen LogP contribution in [0.25, 0.3) is 0 Å². The molecule has 0 saturated heterocycles. The summed E-state index contributed by atoms with van der Waals surface area (Å²) in [6.07, 6.45) is 4.38. The molecule has 0 aliphatic carbocycles. The quantitative estimate of drug-likeness (QED) is 0.730. The second kappa shape index (κ2) is 7.04. The third kappa shape index (κ3) is 3.92. The lowest BCUT2D eigenvalue weighted by Crippen LogP contribution is -2.36. The molecule has 0 amide bonds. The van der Waals surface area contributed by atoms with Crippen LogP contribution in [0, 0.1) is 0 Å². The van der Waals surface area contributed by atoms with Gasteiger partial charge in [-0.2, -0.15) is 0 Å². The molecule has 1 aromatic heterocycles. The van der Waals surface area contributed by atoms with Gasteiger partial charge in [0.2, 0.25) is 0 Å². The van der Waals surface area contributed by atoms with Crippen molar-refractivity contribution in [2.24, 2.45) is 0 Å². The van der Waals surface area contributed by atoms with Crippen LogP contribution in [0.1, 0.15) is 25.8 Å². The monoisotopic (exact) mass is 286 g/mol. The molecule has 0 fully saturated rings. The van der Waals surface area contributed by atoms with Crippen molar-refractivity contribution in [1.29, 1.82) is 0 Å². The second-order valence-electron chi connectivity index (χ2n) is 5.20. The molecule has 3 N–H and O–H groups in total. The van der Waals surface area contributed by atoms with Crippen LogP contribution in [0.15, 0.2) is 42.7 Å². The maximum absolute atomic E-state index is 9.78. The van der Waals surface area contributed by atoms with E-state index in [0.29, 0.717) is 5.82 Å². The van der Waals surface area contributed by atoms with Gasteiger partial charge in [0.25, 0.3) is 0 Å². The van der Waals surface area contributed by atoms with Gasteiger partial charge in [-0.25, -0.2) is 4.98 Å². The minimum absolute atomic E-state index is 0.0364. The van der Waals surface area contributed by atoms with Crippen molar-refractivity contribution in [3.8, 4) is 0 Å². The lowest BCUT2D eigenvalue weighted by atomic mass is 9.93. The minimum atomic E-state index is -0.598. The number of hydrogen-bond acceptors (Lipinski definition) is 5. The van der Waals surface area contributed by atoms with E-state index in [9.17, 15) is 5.11 Å². The maximum atomic E-state index is 9.78. The highest BCUT2D eigenvalue weighted by atomic mass is 16.3. The summed E-state index contributed by atoms with van der Waals surface area (Å²) < 4.78 is 0. The van der Waals surface area contributed by atoms with E-state index < -0.39 is 5.54 Å². The fraction of sp³-hybridized carbons (Fsp3) is 0.375. The van der Waals surface area contributed by atoms with Crippen LogP contribution in [0.2, 0.25) is 0 Å². The largest absolute Gasteiger partial charge is 0.394 e. The average molecular weight is 286 g/mol. The zero-order valence-corrected chi connectivity index (χ0v) is 12.5. The summed E-state index contributed by atoms with van der Waals surface area (Å²) in [6, 6.07) is 9.83. The summed E-state index contributed by atoms with van der Waals surface area (Å²) in [4.78, 5) is 8.65. The fourth-order valence-electron chi connectivity index (χ4n) is 2.06. The molecule has 0 aliphatic rings. The van der Waals surface area contributed by atoms with Gasteiger partial charge in [0, 0.05) is 6.54 Å². The summed E-state index contributed by atoms with van der Waals surface area (Å²) >= 11 is 0. The first-order valence-electron chi connectivity index (χ1n) is 7.18. The Kier molecular flexibility index (Phi) is 5.11. The number of nitrogens with one attached hydrogen (secondary N) is 2. The smallest absolute Gasteiger partial charge is 0.147 e. The molecule has 0 aliphatic heterocycles. The first kappa shape index (κ1) is 15.3. The van der Waals surface area contributed by atoms with E-state index in [4.69, 9.17) is 0 Å². The molecule has 0 radical (unpaired) electrons. The molecule has 112 valence electrons. The highest BCUT2D eigenvalue weighted by Crippen LogP contribution is 2.24. The molecule has 2 aromatic rings. The number of anilines is 2. The van der Waals surface area contributed by atoms with E-state index in [2.05, 4.69) is 27.5 Å². The predicted octanol–water partition coefficient (Wildman–Crippen LogP) is 2.62. The van der Waals surface area contributed by atoms with Crippen LogP contribution in [-0.4, -0.2) is 28.2 Å². The lowest BCUT2D eigenvalue weighted by molar-refractivity contribution is 0.223. The van der Waals surface area contributed by atoms with Crippen molar-refractivity contribution >= 4 is 11.6 Å². The summed E-state index contributed by atoms with van der Waals surface area (Å²) in [5.74, 6) is 1.37. The summed E-state index contributed by atoms with van der Waals surface area (Å²) in [5, 5.41) is 16.3. The van der Waals surface area contributed by atoms with E-state index in [1.165, 1.54) is 0 Å². The van der Waals surface area contributed by atoms with Gasteiger partial charge in [-0.3, -0.25) is 4.98 Å². The third-order valence-electron chi connectivity index (χ3n) is 3.32. The third-order valence-corrected chi connectivity index (χ3v) is 3.32. The van der Waals surface area contributed by atoms with Gasteiger partial charge >= 0.3 is 0 Å². The number of aliphatic hydroxyl groups excluding tert-OH is 1. The van der Waals surface area contributed by atoms with Crippen molar-refractivity contribution in [3.63, 3.8) is 0 Å². The predicted molar refractivity (Wildman–Crippen MR) is 85.3 cm³/mol. The zero-order valence-electron chi connectivity index (χ0n) is 12.5. The normalized spacial score (nSPS) is 13.5. The molecular weight excluding hydrogens is 264 g/mol. The summed E-state index contributed by atoms with van der Waals surface area (Å²) in [7, 11) is 0. The van der Waals surface area contributed by atoms with Crippen LogP contribution in [-0.2, 0) is 5.54 Å². The van der Waals surface area contributed by atoms with Gasteiger partial charge in [-0.1, -0.05) is 37.3 Å². The van der Waals surface area contributed by atoms with E-state index in [0.717, 1.165) is 24.3 Å². The van der Waals surface area contributed by atoms with E-state index >= 15 is 0 Å². The van der Waals surface area contributed by atoms with Crippen molar-refractivity contribution in [2.45, 2.75) is 25.8 Å². The Labute approximate surface area is 125 Å². The van der Waals surface area contributed by atoms with Gasteiger partial charge < -0.3 is 15.7 Å². The molecule has 0 spiro atoms. The minimum Gasteiger partial charge on any atom is -0.394 e. The molecular formula is C16H22N4O.